The number of hydrogen-bond donors (Lipinski definition) is 1. The highest BCUT2D eigenvalue weighted by atomic mass is 35.5. The number of fused-ring (bicyclic) bond motifs is 1. The van der Waals surface area contributed by atoms with E-state index in [1.165, 1.54) is 10.8 Å². The number of benzene rings is 2. The molecule has 9 nitrogen and oxygen atoms in total. The van der Waals surface area contributed by atoms with Crippen LogP contribution in [0.3, 0.4) is 0 Å². The number of aromatic nitrogens is 2. The molecule has 0 aliphatic carbocycles. The van der Waals surface area contributed by atoms with E-state index in [4.69, 9.17) is 11.6 Å². The van der Waals surface area contributed by atoms with Crippen molar-refractivity contribution < 1.29 is 19.3 Å². The zero-order valence-corrected chi connectivity index (χ0v) is 23.0. The molecule has 1 N–H and O–H groups in total. The molecule has 2 aromatic carbocycles. The van der Waals surface area contributed by atoms with E-state index in [9.17, 15) is 14.7 Å². The van der Waals surface area contributed by atoms with E-state index in [0.29, 0.717) is 23.1 Å². The van der Waals surface area contributed by atoms with Crippen LogP contribution in [-0.4, -0.2) is 35.6 Å². The third-order valence-corrected chi connectivity index (χ3v) is 6.76. The SMILES string of the molecule is CCCN=C([O-])N/N=C/c1cccc(-c2cccc(C3C(=O)N(Cc4ccc(Cl)nc4)c4cccc[n+]4C3=O)c2)c1. The lowest BCUT2D eigenvalue weighted by atomic mass is 9.91. The molecule has 41 heavy (non-hydrogen) atoms. The van der Waals surface area contributed by atoms with E-state index >= 15 is 0 Å². The number of rotatable bonds is 8. The Bertz CT molecular complexity index is 1640. The van der Waals surface area contributed by atoms with Crippen LogP contribution in [0, 0.1) is 0 Å². The largest absolute Gasteiger partial charge is 0.845 e. The first-order valence-electron chi connectivity index (χ1n) is 13.1. The molecule has 1 atom stereocenters. The summed E-state index contributed by atoms with van der Waals surface area (Å²) in [6, 6.07) is 23.3. The summed E-state index contributed by atoms with van der Waals surface area (Å²) in [6.45, 7) is 2.62. The van der Waals surface area contributed by atoms with Crippen molar-refractivity contribution in [3.05, 3.63) is 113 Å². The Labute approximate surface area is 242 Å². The highest BCUT2D eigenvalue weighted by Crippen LogP contribution is 2.31. The molecule has 0 radical (unpaired) electrons. The van der Waals surface area contributed by atoms with E-state index < -0.39 is 11.9 Å². The molecule has 0 saturated heterocycles. The number of nitrogens with zero attached hydrogens (tertiary/aromatic N) is 5. The molecule has 2 aromatic heterocycles. The van der Waals surface area contributed by atoms with Crippen molar-refractivity contribution in [2.45, 2.75) is 25.8 Å². The third-order valence-electron chi connectivity index (χ3n) is 6.53. The third kappa shape index (κ3) is 6.31. The fraction of sp³-hybridized carbons (Fsp3) is 0.161. The van der Waals surface area contributed by atoms with Crippen LogP contribution in [0.1, 0.15) is 40.7 Å². The van der Waals surface area contributed by atoms with E-state index in [1.807, 2.05) is 55.5 Å². The number of nitrogens with one attached hydrogen (secondary N) is 1. The topological polar surface area (TPSA) is 114 Å². The molecule has 5 rings (SSSR count). The van der Waals surface area contributed by atoms with E-state index in [-0.39, 0.29) is 18.4 Å². The monoisotopic (exact) mass is 566 g/mol. The fourth-order valence-electron chi connectivity index (χ4n) is 4.59. The molecular formula is C31H27ClN6O3. The van der Waals surface area contributed by atoms with Gasteiger partial charge < -0.3 is 5.11 Å². The van der Waals surface area contributed by atoms with Crippen LogP contribution in [0.5, 0.6) is 0 Å². The summed E-state index contributed by atoms with van der Waals surface area (Å²) in [5, 5.41) is 16.0. The molecule has 1 aliphatic heterocycles. The number of aliphatic imine (C=N–C) groups is 1. The number of amidine groups is 1. The average molecular weight is 567 g/mol. The number of anilines is 1. The number of carbonyl (C=O) groups excluding carboxylic acids is 2. The van der Waals surface area contributed by atoms with Gasteiger partial charge in [0.1, 0.15) is 11.7 Å². The summed E-state index contributed by atoms with van der Waals surface area (Å²) >= 11 is 5.95. The number of pyridine rings is 2. The summed E-state index contributed by atoms with van der Waals surface area (Å²) in [5.74, 6) is -1.18. The first-order chi connectivity index (χ1) is 19.9. The second kappa shape index (κ2) is 12.5. The molecule has 1 amide bonds. The number of amides is 1. The predicted octanol–water partition coefficient (Wildman–Crippen LogP) is 3.71. The Morgan fingerprint density at radius 1 is 1.07 bits per heavy atom. The van der Waals surface area contributed by atoms with Crippen LogP contribution in [0.2, 0.25) is 5.15 Å². The quantitative estimate of drug-likeness (QED) is 0.0872. The maximum absolute atomic E-state index is 13.9. The summed E-state index contributed by atoms with van der Waals surface area (Å²) in [7, 11) is 0. The van der Waals surface area contributed by atoms with Crippen molar-refractivity contribution in [3.8, 4) is 11.1 Å². The minimum Gasteiger partial charge on any atom is -0.845 e. The molecular weight excluding hydrogens is 540 g/mol. The molecule has 0 fully saturated rings. The Balaban J connectivity index is 1.44. The molecule has 1 aliphatic rings. The molecule has 3 heterocycles. The van der Waals surface area contributed by atoms with E-state index in [2.05, 4.69) is 20.5 Å². The van der Waals surface area contributed by atoms with Gasteiger partial charge in [0.15, 0.2) is 5.92 Å². The number of hydrogen-bond acceptors (Lipinski definition) is 6. The van der Waals surface area contributed by atoms with Gasteiger partial charge in [-0.2, -0.15) is 14.6 Å². The second-order valence-corrected chi connectivity index (χ2v) is 9.81. The molecule has 10 heteroatoms. The van der Waals surface area contributed by atoms with Gasteiger partial charge >= 0.3 is 11.8 Å². The Kier molecular flexibility index (Phi) is 8.45. The van der Waals surface area contributed by atoms with Gasteiger partial charge in [0.05, 0.1) is 18.4 Å². The first kappa shape index (κ1) is 27.7. The average Bonchev–Trinajstić information content (AvgIpc) is 2.99. The number of hydrazone groups is 1. The molecule has 0 bridgehead atoms. The lowest BCUT2D eigenvalue weighted by Crippen LogP contribution is -2.59. The highest BCUT2D eigenvalue weighted by molar-refractivity contribution is 6.29. The van der Waals surface area contributed by atoms with Gasteiger partial charge in [0.25, 0.3) is 5.82 Å². The minimum absolute atomic E-state index is 0.236. The standard InChI is InChI=1S/C31H27ClN6O3/c1-2-14-33-31(41)36-35-19-21-7-5-8-23(16-21)24-9-6-10-25(17-24)28-29(39)37-15-4-3-11-27(37)38(30(28)40)20-22-12-13-26(32)34-18-22/h3-13,15-19,28H,2,14,20H2,1H3,(H-,33,36,41)/b35-19+. The lowest BCUT2D eigenvalue weighted by Gasteiger charge is -2.26. The summed E-state index contributed by atoms with van der Waals surface area (Å²) in [6.07, 6.45) is 5.61. The lowest BCUT2D eigenvalue weighted by molar-refractivity contribution is -0.563. The second-order valence-electron chi connectivity index (χ2n) is 9.42. The van der Waals surface area contributed by atoms with Gasteiger partial charge in [0, 0.05) is 24.4 Å². The van der Waals surface area contributed by atoms with Crippen LogP contribution in [-0.2, 0) is 11.3 Å². The van der Waals surface area contributed by atoms with Crippen molar-refractivity contribution in [1.29, 1.82) is 0 Å². The van der Waals surface area contributed by atoms with E-state index in [0.717, 1.165) is 28.7 Å². The predicted molar refractivity (Wildman–Crippen MR) is 156 cm³/mol. The van der Waals surface area contributed by atoms with Gasteiger partial charge in [-0.15, -0.1) is 0 Å². The van der Waals surface area contributed by atoms with Crippen LogP contribution in [0.4, 0.5) is 5.82 Å². The van der Waals surface area contributed by atoms with Crippen molar-refractivity contribution in [2.75, 3.05) is 11.4 Å². The summed E-state index contributed by atoms with van der Waals surface area (Å²) in [5.41, 5.74) is 6.22. The van der Waals surface area contributed by atoms with Crippen LogP contribution >= 0.6 is 11.6 Å². The maximum atomic E-state index is 13.9. The number of halogens is 1. The summed E-state index contributed by atoms with van der Waals surface area (Å²) < 4.78 is 1.51. The van der Waals surface area contributed by atoms with Gasteiger partial charge in [0.2, 0.25) is 0 Å². The van der Waals surface area contributed by atoms with Crippen molar-refractivity contribution in [3.63, 3.8) is 0 Å². The molecule has 0 saturated carbocycles. The number of carbonyl (C=O) groups is 2. The van der Waals surface area contributed by atoms with Crippen molar-refractivity contribution >= 4 is 41.5 Å². The smallest absolute Gasteiger partial charge is 0.333 e. The van der Waals surface area contributed by atoms with E-state index in [1.54, 1.807) is 47.6 Å². The van der Waals surface area contributed by atoms with Gasteiger partial charge in [-0.1, -0.05) is 67.1 Å². The maximum Gasteiger partial charge on any atom is 0.333 e. The van der Waals surface area contributed by atoms with Crippen molar-refractivity contribution in [1.82, 2.24) is 10.4 Å². The van der Waals surface area contributed by atoms with Crippen molar-refractivity contribution in [2.24, 2.45) is 10.1 Å². The molecule has 1 unspecified atom stereocenters. The zero-order valence-electron chi connectivity index (χ0n) is 22.3. The van der Waals surface area contributed by atoms with Gasteiger partial charge in [-0.05, 0) is 52.9 Å². The highest BCUT2D eigenvalue weighted by Gasteiger charge is 2.47. The van der Waals surface area contributed by atoms with Crippen LogP contribution in [0.15, 0.2) is 101 Å². The van der Waals surface area contributed by atoms with Crippen LogP contribution < -0.4 is 20.0 Å². The van der Waals surface area contributed by atoms with Gasteiger partial charge in [-0.3, -0.25) is 10.4 Å². The molecule has 206 valence electrons. The zero-order chi connectivity index (χ0) is 28.8. The van der Waals surface area contributed by atoms with Gasteiger partial charge in [-0.25, -0.2) is 14.6 Å². The Morgan fingerprint density at radius 3 is 2.66 bits per heavy atom. The molecule has 4 aromatic rings. The normalized spacial score (nSPS) is 15.3. The summed E-state index contributed by atoms with van der Waals surface area (Å²) in [4.78, 5) is 37.1. The minimum atomic E-state index is -1.03. The fourth-order valence-corrected chi connectivity index (χ4v) is 4.70. The van der Waals surface area contributed by atoms with Crippen LogP contribution in [0.25, 0.3) is 11.1 Å². The Hall–Kier alpha value is -4.89. The molecule has 0 spiro atoms. The Morgan fingerprint density at radius 2 is 1.88 bits per heavy atom. The first-order valence-corrected chi connectivity index (χ1v) is 13.5.